The maximum absolute atomic E-state index is 12.4. The molecule has 1 atom stereocenters. The van der Waals surface area contributed by atoms with Crippen LogP contribution in [0.4, 0.5) is 0 Å². The van der Waals surface area contributed by atoms with Gasteiger partial charge in [-0.25, -0.2) is 0 Å². The molecule has 22 heavy (non-hydrogen) atoms. The van der Waals surface area contributed by atoms with Gasteiger partial charge >= 0.3 is 0 Å². The maximum Gasteiger partial charge on any atom is 0.236 e. The summed E-state index contributed by atoms with van der Waals surface area (Å²) in [5, 5.41) is 1.05. The van der Waals surface area contributed by atoms with Gasteiger partial charge in [0.2, 0.25) is 5.91 Å². The summed E-state index contributed by atoms with van der Waals surface area (Å²) in [6.45, 7) is 4.37. The predicted octanol–water partition coefficient (Wildman–Crippen LogP) is 2.99. The summed E-state index contributed by atoms with van der Waals surface area (Å²) in [5.41, 5.74) is 0.966. The van der Waals surface area contributed by atoms with Crippen molar-refractivity contribution in [1.82, 2.24) is 9.80 Å². The third-order valence-corrected chi connectivity index (χ3v) is 5.03. The molecule has 2 aliphatic rings. The number of hydrogen-bond acceptors (Lipinski definition) is 3. The molecule has 0 aliphatic carbocycles. The Labute approximate surface area is 140 Å². The average Bonchev–Trinajstić information content (AvgIpc) is 3.03. The molecule has 3 rings (SSSR count). The Morgan fingerprint density at radius 2 is 1.95 bits per heavy atom. The molecular weight excluding hydrogens is 323 g/mol. The fourth-order valence-electron chi connectivity index (χ4n) is 3.02. The van der Waals surface area contributed by atoms with Crippen molar-refractivity contribution in [2.24, 2.45) is 0 Å². The van der Waals surface area contributed by atoms with Crippen molar-refractivity contribution in [1.29, 1.82) is 0 Å². The summed E-state index contributed by atoms with van der Waals surface area (Å²) < 4.78 is 5.80. The molecule has 0 saturated carbocycles. The number of benzene rings is 1. The van der Waals surface area contributed by atoms with E-state index in [2.05, 4.69) is 4.90 Å². The van der Waals surface area contributed by atoms with Crippen LogP contribution in [-0.4, -0.2) is 55.0 Å². The van der Waals surface area contributed by atoms with Crippen LogP contribution in [0.25, 0.3) is 0 Å². The number of ether oxygens (including phenoxy) is 1. The highest BCUT2D eigenvalue weighted by Gasteiger charge is 2.27. The van der Waals surface area contributed by atoms with Crippen LogP contribution >= 0.6 is 23.2 Å². The van der Waals surface area contributed by atoms with Gasteiger partial charge in [-0.3, -0.25) is 9.69 Å². The number of hydrogen-bond donors (Lipinski definition) is 0. The fraction of sp³-hybridized carbons (Fsp3) is 0.562. The van der Waals surface area contributed by atoms with Crippen molar-refractivity contribution >= 4 is 29.1 Å². The van der Waals surface area contributed by atoms with Crippen LogP contribution in [0.2, 0.25) is 10.0 Å². The standard InChI is InChI=1S/C16H20Cl2N2O2/c17-13-4-3-12(9-14(13)18)15-10-20(7-8-22-15)16(21)11-19-5-1-2-6-19/h3-4,9,15H,1-2,5-8,10-11H2/t15-/m1/s1. The van der Waals surface area contributed by atoms with E-state index >= 15 is 0 Å². The minimum atomic E-state index is -0.133. The number of carbonyl (C=O) groups excluding carboxylic acids is 1. The SMILES string of the molecule is O=C(CN1CCCC1)N1CCO[C@@H](c2ccc(Cl)c(Cl)c2)C1. The Morgan fingerprint density at radius 1 is 1.18 bits per heavy atom. The van der Waals surface area contributed by atoms with E-state index in [-0.39, 0.29) is 12.0 Å². The monoisotopic (exact) mass is 342 g/mol. The van der Waals surface area contributed by atoms with E-state index in [0.29, 0.717) is 36.3 Å². The average molecular weight is 343 g/mol. The normalized spacial score (nSPS) is 23.0. The molecule has 2 aliphatic heterocycles. The zero-order valence-corrected chi connectivity index (χ0v) is 13.9. The first kappa shape index (κ1) is 16.1. The van der Waals surface area contributed by atoms with E-state index < -0.39 is 0 Å². The highest BCUT2D eigenvalue weighted by atomic mass is 35.5. The summed E-state index contributed by atoms with van der Waals surface area (Å²) in [6, 6.07) is 5.50. The third-order valence-electron chi connectivity index (χ3n) is 4.29. The molecule has 1 amide bonds. The molecule has 2 saturated heterocycles. The molecule has 0 radical (unpaired) electrons. The first-order chi connectivity index (χ1) is 10.6. The highest BCUT2D eigenvalue weighted by Crippen LogP contribution is 2.29. The Kier molecular flexibility index (Phi) is 5.24. The molecule has 6 heteroatoms. The lowest BCUT2D eigenvalue weighted by molar-refractivity contribution is -0.140. The molecule has 0 unspecified atom stereocenters. The number of morpholine rings is 1. The zero-order chi connectivity index (χ0) is 15.5. The Bertz CT molecular complexity index is 547. The number of amides is 1. The molecule has 4 nitrogen and oxygen atoms in total. The second kappa shape index (κ2) is 7.18. The van der Waals surface area contributed by atoms with Crippen LogP contribution in [0, 0.1) is 0 Å². The van der Waals surface area contributed by atoms with Gasteiger partial charge in [0.1, 0.15) is 6.10 Å². The third kappa shape index (κ3) is 3.74. The number of halogens is 2. The molecule has 1 aromatic carbocycles. The van der Waals surface area contributed by atoms with Gasteiger partial charge in [-0.2, -0.15) is 0 Å². The topological polar surface area (TPSA) is 32.8 Å². The summed E-state index contributed by atoms with van der Waals surface area (Å²) in [7, 11) is 0. The smallest absolute Gasteiger partial charge is 0.236 e. The number of likely N-dealkylation sites (tertiary alicyclic amines) is 1. The maximum atomic E-state index is 12.4. The predicted molar refractivity (Wildman–Crippen MR) is 87.4 cm³/mol. The molecular formula is C16H20Cl2N2O2. The highest BCUT2D eigenvalue weighted by molar-refractivity contribution is 6.42. The molecule has 1 aromatic rings. The fourth-order valence-corrected chi connectivity index (χ4v) is 3.33. The largest absolute Gasteiger partial charge is 0.370 e. The van der Waals surface area contributed by atoms with Crippen LogP contribution in [0.3, 0.4) is 0 Å². The second-order valence-electron chi connectivity index (χ2n) is 5.86. The van der Waals surface area contributed by atoms with Crippen molar-refractivity contribution in [2.45, 2.75) is 18.9 Å². The van der Waals surface area contributed by atoms with Gasteiger partial charge in [0.15, 0.2) is 0 Å². The minimum absolute atomic E-state index is 0.133. The first-order valence-corrected chi connectivity index (χ1v) is 8.46. The van der Waals surface area contributed by atoms with Crippen molar-refractivity contribution in [2.75, 3.05) is 39.3 Å². The van der Waals surface area contributed by atoms with E-state index in [1.165, 1.54) is 12.8 Å². The molecule has 0 aromatic heterocycles. The first-order valence-electron chi connectivity index (χ1n) is 7.70. The van der Waals surface area contributed by atoms with Crippen LogP contribution in [0.15, 0.2) is 18.2 Å². The van der Waals surface area contributed by atoms with Crippen LogP contribution in [-0.2, 0) is 9.53 Å². The zero-order valence-electron chi connectivity index (χ0n) is 12.4. The molecule has 0 bridgehead atoms. The Hall–Kier alpha value is -0.810. The van der Waals surface area contributed by atoms with Crippen LogP contribution < -0.4 is 0 Å². The van der Waals surface area contributed by atoms with Gasteiger partial charge < -0.3 is 9.64 Å². The summed E-state index contributed by atoms with van der Waals surface area (Å²) in [6.07, 6.45) is 2.26. The van der Waals surface area contributed by atoms with Crippen molar-refractivity contribution < 1.29 is 9.53 Å². The van der Waals surface area contributed by atoms with Gasteiger partial charge in [0.05, 0.1) is 29.7 Å². The molecule has 120 valence electrons. The van der Waals surface area contributed by atoms with Crippen LogP contribution in [0.1, 0.15) is 24.5 Å². The van der Waals surface area contributed by atoms with Crippen molar-refractivity contribution in [3.8, 4) is 0 Å². The quantitative estimate of drug-likeness (QED) is 0.846. The Balaban J connectivity index is 1.63. The summed E-state index contributed by atoms with van der Waals surface area (Å²) in [5.74, 6) is 0.190. The van der Waals surface area contributed by atoms with E-state index in [1.807, 2.05) is 17.0 Å². The second-order valence-corrected chi connectivity index (χ2v) is 6.67. The van der Waals surface area contributed by atoms with Crippen LogP contribution in [0.5, 0.6) is 0 Å². The van der Waals surface area contributed by atoms with Gasteiger partial charge in [-0.1, -0.05) is 29.3 Å². The summed E-state index contributed by atoms with van der Waals surface area (Å²) >= 11 is 12.0. The Morgan fingerprint density at radius 3 is 2.68 bits per heavy atom. The summed E-state index contributed by atoms with van der Waals surface area (Å²) in [4.78, 5) is 16.6. The van der Waals surface area contributed by atoms with E-state index in [0.717, 1.165) is 18.7 Å². The number of rotatable bonds is 3. The molecule has 0 spiro atoms. The van der Waals surface area contributed by atoms with Crippen molar-refractivity contribution in [3.63, 3.8) is 0 Å². The van der Waals surface area contributed by atoms with E-state index in [4.69, 9.17) is 27.9 Å². The minimum Gasteiger partial charge on any atom is -0.370 e. The lowest BCUT2D eigenvalue weighted by Gasteiger charge is -2.34. The lowest BCUT2D eigenvalue weighted by atomic mass is 10.1. The van der Waals surface area contributed by atoms with E-state index in [9.17, 15) is 4.79 Å². The lowest BCUT2D eigenvalue weighted by Crippen LogP contribution is -2.46. The van der Waals surface area contributed by atoms with Gasteiger partial charge in [0.25, 0.3) is 0 Å². The van der Waals surface area contributed by atoms with E-state index in [1.54, 1.807) is 6.07 Å². The van der Waals surface area contributed by atoms with Gasteiger partial charge in [-0.15, -0.1) is 0 Å². The van der Waals surface area contributed by atoms with Gasteiger partial charge in [-0.05, 0) is 43.6 Å². The number of carbonyl (C=O) groups is 1. The molecule has 0 N–H and O–H groups in total. The van der Waals surface area contributed by atoms with Gasteiger partial charge in [0, 0.05) is 6.54 Å². The molecule has 2 heterocycles. The van der Waals surface area contributed by atoms with Crippen molar-refractivity contribution in [3.05, 3.63) is 33.8 Å². The number of nitrogens with zero attached hydrogens (tertiary/aromatic N) is 2. The molecule has 2 fully saturated rings.